The van der Waals surface area contributed by atoms with Crippen LogP contribution in [0.25, 0.3) is 0 Å². The van der Waals surface area contributed by atoms with Crippen LogP contribution >= 0.6 is 11.6 Å². The van der Waals surface area contributed by atoms with E-state index in [-0.39, 0.29) is 11.3 Å². The minimum atomic E-state index is -0.0188. The van der Waals surface area contributed by atoms with Crippen LogP contribution in [0.1, 0.15) is 42.3 Å². The van der Waals surface area contributed by atoms with Crippen LogP contribution in [0.5, 0.6) is 0 Å². The van der Waals surface area contributed by atoms with Crippen LogP contribution in [0.3, 0.4) is 0 Å². The minimum Gasteiger partial charge on any atom is -0.352 e. The monoisotopic (exact) mass is 329 g/mol. The highest BCUT2D eigenvalue weighted by Crippen LogP contribution is 2.21. The molecular weight excluding hydrogens is 306 g/mol. The Kier molecular flexibility index (Phi) is 5.84. The van der Waals surface area contributed by atoms with Gasteiger partial charge in [0.1, 0.15) is 0 Å². The summed E-state index contributed by atoms with van der Waals surface area (Å²) in [5.41, 5.74) is 3.30. The lowest BCUT2D eigenvalue weighted by Gasteiger charge is -2.18. The molecule has 0 bridgehead atoms. The maximum absolute atomic E-state index is 12.3. The van der Waals surface area contributed by atoms with Crippen molar-refractivity contribution in [2.45, 2.75) is 33.6 Å². The normalized spacial score (nSPS) is 11.3. The molecule has 0 saturated carbocycles. The number of carbonyl (C=O) groups excluding carboxylic acids is 1. The molecule has 2 aromatic carbocycles. The molecule has 0 aliphatic carbocycles. The minimum absolute atomic E-state index is 0.0188. The highest BCUT2D eigenvalue weighted by Gasteiger charge is 2.13. The third-order valence-corrected chi connectivity index (χ3v) is 3.79. The number of carbonyl (C=O) groups is 1. The van der Waals surface area contributed by atoms with Crippen LogP contribution in [-0.4, -0.2) is 12.5 Å². The van der Waals surface area contributed by atoms with Gasteiger partial charge in [0, 0.05) is 17.1 Å². The second kappa shape index (κ2) is 7.65. The standard InChI is InChI=1S/C20H24ClNO/c1-20(2,3)14-16-5-4-6-17(13-16)19(23)22-12-11-15-7-9-18(21)10-8-15/h4-10,13H,11-12,14H2,1-3H3,(H,22,23). The zero-order chi connectivity index (χ0) is 16.9. The van der Waals surface area contributed by atoms with Gasteiger partial charge in [-0.15, -0.1) is 0 Å². The molecule has 23 heavy (non-hydrogen) atoms. The number of nitrogens with one attached hydrogen (secondary N) is 1. The zero-order valence-corrected chi connectivity index (χ0v) is 14.8. The van der Waals surface area contributed by atoms with Gasteiger partial charge in [0.25, 0.3) is 5.91 Å². The van der Waals surface area contributed by atoms with Gasteiger partial charge in [0.2, 0.25) is 0 Å². The number of halogens is 1. The highest BCUT2D eigenvalue weighted by molar-refractivity contribution is 6.30. The van der Waals surface area contributed by atoms with Crippen molar-refractivity contribution in [2.75, 3.05) is 6.54 Å². The van der Waals surface area contributed by atoms with Gasteiger partial charge in [-0.3, -0.25) is 4.79 Å². The van der Waals surface area contributed by atoms with E-state index in [0.29, 0.717) is 6.54 Å². The predicted octanol–water partition coefficient (Wildman–Crippen LogP) is 4.90. The van der Waals surface area contributed by atoms with E-state index in [1.165, 1.54) is 5.56 Å². The zero-order valence-electron chi connectivity index (χ0n) is 14.0. The Morgan fingerprint density at radius 3 is 2.39 bits per heavy atom. The summed E-state index contributed by atoms with van der Waals surface area (Å²) >= 11 is 5.87. The van der Waals surface area contributed by atoms with Gasteiger partial charge in [-0.2, -0.15) is 0 Å². The molecule has 1 amide bonds. The van der Waals surface area contributed by atoms with E-state index in [1.54, 1.807) is 0 Å². The fraction of sp³-hybridized carbons (Fsp3) is 0.350. The van der Waals surface area contributed by atoms with E-state index in [9.17, 15) is 4.79 Å². The molecule has 0 radical (unpaired) electrons. The molecule has 0 spiro atoms. The summed E-state index contributed by atoms with van der Waals surface area (Å²) in [5, 5.41) is 3.71. The fourth-order valence-corrected chi connectivity index (χ4v) is 2.63. The topological polar surface area (TPSA) is 29.1 Å². The lowest BCUT2D eigenvalue weighted by molar-refractivity contribution is 0.0954. The van der Waals surface area contributed by atoms with Crippen LogP contribution in [0.15, 0.2) is 48.5 Å². The Labute approximate surface area is 143 Å². The van der Waals surface area contributed by atoms with Crippen molar-refractivity contribution >= 4 is 17.5 Å². The lowest BCUT2D eigenvalue weighted by atomic mass is 9.87. The Balaban J connectivity index is 1.90. The summed E-state index contributed by atoms with van der Waals surface area (Å²) in [7, 11) is 0. The van der Waals surface area contributed by atoms with Gasteiger partial charge in [-0.05, 0) is 53.6 Å². The van der Waals surface area contributed by atoms with Gasteiger partial charge >= 0.3 is 0 Å². The predicted molar refractivity (Wildman–Crippen MR) is 97.1 cm³/mol. The van der Waals surface area contributed by atoms with Gasteiger partial charge in [0.15, 0.2) is 0 Å². The molecule has 0 heterocycles. The summed E-state index contributed by atoms with van der Waals surface area (Å²) < 4.78 is 0. The van der Waals surface area contributed by atoms with Crippen molar-refractivity contribution in [3.8, 4) is 0 Å². The average molecular weight is 330 g/mol. The average Bonchev–Trinajstić information content (AvgIpc) is 2.48. The molecule has 0 saturated heterocycles. The molecule has 0 unspecified atom stereocenters. The number of rotatable bonds is 5. The van der Waals surface area contributed by atoms with E-state index >= 15 is 0 Å². The molecule has 2 nitrogen and oxygen atoms in total. The van der Waals surface area contributed by atoms with Crippen LogP contribution < -0.4 is 5.32 Å². The Morgan fingerprint density at radius 1 is 1.04 bits per heavy atom. The largest absolute Gasteiger partial charge is 0.352 e. The Morgan fingerprint density at radius 2 is 1.74 bits per heavy atom. The highest BCUT2D eigenvalue weighted by atomic mass is 35.5. The molecule has 2 rings (SSSR count). The molecule has 1 N–H and O–H groups in total. The first-order valence-corrected chi connectivity index (χ1v) is 8.33. The van der Waals surface area contributed by atoms with Crippen LogP contribution in [0, 0.1) is 5.41 Å². The smallest absolute Gasteiger partial charge is 0.251 e. The SMILES string of the molecule is CC(C)(C)Cc1cccc(C(=O)NCCc2ccc(Cl)cc2)c1. The van der Waals surface area contributed by atoms with E-state index in [1.807, 2.05) is 42.5 Å². The second-order valence-electron chi connectivity index (χ2n) is 7.07. The third kappa shape index (κ3) is 6.07. The van der Waals surface area contributed by atoms with Crippen molar-refractivity contribution in [1.82, 2.24) is 5.32 Å². The molecule has 0 aliphatic rings. The first-order valence-electron chi connectivity index (χ1n) is 7.95. The molecule has 0 atom stereocenters. The van der Waals surface area contributed by atoms with Crippen molar-refractivity contribution in [2.24, 2.45) is 5.41 Å². The van der Waals surface area contributed by atoms with E-state index in [4.69, 9.17) is 11.6 Å². The summed E-state index contributed by atoms with van der Waals surface area (Å²) in [4.78, 5) is 12.3. The number of hydrogen-bond acceptors (Lipinski definition) is 1. The fourth-order valence-electron chi connectivity index (χ4n) is 2.51. The molecule has 0 fully saturated rings. The van der Waals surface area contributed by atoms with Crippen molar-refractivity contribution in [1.29, 1.82) is 0 Å². The van der Waals surface area contributed by atoms with Gasteiger partial charge in [0.05, 0.1) is 0 Å². The van der Waals surface area contributed by atoms with Gasteiger partial charge in [-0.25, -0.2) is 0 Å². The lowest BCUT2D eigenvalue weighted by Crippen LogP contribution is -2.25. The molecule has 0 aromatic heterocycles. The maximum atomic E-state index is 12.3. The Bertz CT molecular complexity index is 656. The third-order valence-electron chi connectivity index (χ3n) is 3.54. The van der Waals surface area contributed by atoms with E-state index < -0.39 is 0 Å². The van der Waals surface area contributed by atoms with Crippen LogP contribution in [-0.2, 0) is 12.8 Å². The van der Waals surface area contributed by atoms with Crippen molar-refractivity contribution in [3.63, 3.8) is 0 Å². The number of hydrogen-bond donors (Lipinski definition) is 1. The van der Waals surface area contributed by atoms with Gasteiger partial charge < -0.3 is 5.32 Å². The second-order valence-corrected chi connectivity index (χ2v) is 7.51. The first-order chi connectivity index (χ1) is 10.8. The molecule has 0 aliphatic heterocycles. The summed E-state index contributed by atoms with van der Waals surface area (Å²) in [6.07, 6.45) is 1.75. The number of amides is 1. The van der Waals surface area contributed by atoms with Crippen LogP contribution in [0.4, 0.5) is 0 Å². The first kappa shape index (κ1) is 17.6. The maximum Gasteiger partial charge on any atom is 0.251 e. The van der Waals surface area contributed by atoms with Crippen LogP contribution in [0.2, 0.25) is 5.02 Å². The van der Waals surface area contributed by atoms with E-state index in [2.05, 4.69) is 32.2 Å². The van der Waals surface area contributed by atoms with Gasteiger partial charge in [-0.1, -0.05) is 56.6 Å². The van der Waals surface area contributed by atoms with Crippen molar-refractivity contribution in [3.05, 3.63) is 70.2 Å². The summed E-state index contributed by atoms with van der Waals surface area (Å²) in [6.45, 7) is 7.22. The molecule has 2 aromatic rings. The quantitative estimate of drug-likeness (QED) is 0.830. The van der Waals surface area contributed by atoms with Crippen molar-refractivity contribution < 1.29 is 4.79 Å². The van der Waals surface area contributed by atoms with E-state index in [0.717, 1.165) is 29.0 Å². The summed E-state index contributed by atoms with van der Waals surface area (Å²) in [6, 6.07) is 15.6. The molecular formula is C20H24ClNO. The molecule has 122 valence electrons. The Hall–Kier alpha value is -1.80. The number of benzene rings is 2. The summed E-state index contributed by atoms with van der Waals surface area (Å²) in [5.74, 6) is -0.0188. The molecule has 3 heteroatoms.